The van der Waals surface area contributed by atoms with E-state index in [1.165, 1.54) is 38.5 Å². The van der Waals surface area contributed by atoms with Gasteiger partial charge in [-0.1, -0.05) is 142 Å². The molecule has 0 rings (SSSR count). The summed E-state index contributed by atoms with van der Waals surface area (Å²) in [6, 6.07) is 0. The zero-order valence-electron chi connectivity index (χ0n) is 26.4. The largest absolute Gasteiger partial charge is 2.00 e. The van der Waals surface area contributed by atoms with E-state index in [-0.39, 0.29) is 62.8 Å². The van der Waals surface area contributed by atoms with E-state index >= 15 is 0 Å². The Bertz CT molecular complexity index is 746. The Kier molecular flexibility index (Phi) is 35.7. The molecule has 11 heteroatoms. The maximum Gasteiger partial charge on any atom is 2.00 e. The molecule has 0 aliphatic carbocycles. The second kappa shape index (κ2) is 31.9. The van der Waals surface area contributed by atoms with Crippen LogP contribution in [0.5, 0.6) is 0 Å². The molecule has 0 aliphatic heterocycles. The van der Waals surface area contributed by atoms with Gasteiger partial charge in [-0.2, -0.15) is 0 Å². The van der Waals surface area contributed by atoms with Gasteiger partial charge in [0.25, 0.3) is 0 Å². The molecule has 0 saturated heterocycles. The van der Waals surface area contributed by atoms with Gasteiger partial charge in [0, 0.05) is 11.8 Å². The number of hydrogen-bond donors (Lipinski definition) is 0. The van der Waals surface area contributed by atoms with Crippen molar-refractivity contribution < 1.29 is 34.3 Å². The molecule has 41 heavy (non-hydrogen) atoms. The first kappa shape index (κ1) is 45.9. The fourth-order valence-corrected chi connectivity index (χ4v) is 4.74. The SMILES string of the molecule is CCCC/C=C/C(CCCCCCC)COS(=O)(=O)[O-].CCCC/C=C/C(CCCCCCC)COS(=O)(=O)[O-].[Ca+2]. The topological polar surface area (TPSA) is 133 Å². The Balaban J connectivity index is -0.000000688. The van der Waals surface area contributed by atoms with Crippen molar-refractivity contribution in [1.82, 2.24) is 0 Å². The van der Waals surface area contributed by atoms with E-state index in [0.29, 0.717) is 0 Å². The molecule has 0 radical (unpaired) electrons. The van der Waals surface area contributed by atoms with Gasteiger partial charge in [-0.25, -0.2) is 16.8 Å². The van der Waals surface area contributed by atoms with Gasteiger partial charge in [0.05, 0.1) is 13.2 Å². The standard InChI is InChI=1S/2C15H30O4S.Ca/c2*1-3-5-7-9-11-13-15(12-10-8-6-4-2)14-19-20(16,17)18;/h2*10,12,15H,3-9,11,13-14H2,1-2H3,(H,16,17,18);/q;;+2/p-2/b2*12-10+;. The van der Waals surface area contributed by atoms with E-state index in [9.17, 15) is 25.9 Å². The third-order valence-corrected chi connectivity index (χ3v) is 7.32. The van der Waals surface area contributed by atoms with Gasteiger partial charge >= 0.3 is 37.7 Å². The van der Waals surface area contributed by atoms with Crippen LogP contribution in [0.15, 0.2) is 24.3 Å². The van der Waals surface area contributed by atoms with Crippen LogP contribution < -0.4 is 0 Å². The summed E-state index contributed by atoms with van der Waals surface area (Å²) in [7, 11) is -9.16. The third-order valence-electron chi connectivity index (χ3n) is 6.48. The van der Waals surface area contributed by atoms with Crippen LogP contribution in [0.2, 0.25) is 0 Å². The molecule has 0 aromatic rings. The van der Waals surface area contributed by atoms with E-state index in [1.807, 2.05) is 12.2 Å². The maximum atomic E-state index is 10.5. The van der Waals surface area contributed by atoms with Crippen molar-refractivity contribution in [3.05, 3.63) is 24.3 Å². The van der Waals surface area contributed by atoms with Crippen LogP contribution in [0.25, 0.3) is 0 Å². The fourth-order valence-electron chi connectivity index (χ4n) is 4.05. The zero-order valence-corrected chi connectivity index (χ0v) is 30.2. The molecule has 2 unspecified atom stereocenters. The maximum absolute atomic E-state index is 10.5. The summed E-state index contributed by atoms with van der Waals surface area (Å²) in [6.07, 6.45) is 28.1. The van der Waals surface area contributed by atoms with Gasteiger partial charge in [-0.05, 0) is 25.7 Å². The molecule has 8 nitrogen and oxygen atoms in total. The predicted octanol–water partition coefficient (Wildman–Crippen LogP) is 7.99. The number of hydrogen-bond acceptors (Lipinski definition) is 8. The molecule has 0 aromatic carbocycles. The smallest absolute Gasteiger partial charge is 0.726 e. The number of unbranched alkanes of at least 4 members (excludes halogenated alkanes) is 12. The first-order valence-corrected chi connectivity index (χ1v) is 18.2. The Hall–Kier alpha value is 0.480. The Morgan fingerprint density at radius 2 is 0.854 bits per heavy atom. The molecule has 0 aromatic heterocycles. The molecule has 0 aliphatic rings. The first-order chi connectivity index (χ1) is 19.0. The van der Waals surface area contributed by atoms with Crippen molar-refractivity contribution in [3.63, 3.8) is 0 Å². The minimum absolute atomic E-state index is 0. The fraction of sp³-hybridized carbons (Fsp3) is 0.867. The Morgan fingerprint density at radius 3 is 1.15 bits per heavy atom. The summed E-state index contributed by atoms with van der Waals surface area (Å²) in [4.78, 5) is 0. The third kappa shape index (κ3) is 40.5. The van der Waals surface area contributed by atoms with Crippen LogP contribution in [0.1, 0.15) is 143 Å². The van der Waals surface area contributed by atoms with Crippen molar-refractivity contribution in [2.75, 3.05) is 13.2 Å². The second-order valence-corrected chi connectivity index (χ2v) is 12.6. The molecule has 0 amide bonds. The summed E-state index contributed by atoms with van der Waals surface area (Å²) in [6.45, 7) is 8.56. The Labute approximate surface area is 283 Å². The molecule has 0 heterocycles. The van der Waals surface area contributed by atoms with Crippen LogP contribution in [0, 0.1) is 11.8 Å². The molecule has 2 atom stereocenters. The first-order valence-electron chi connectivity index (χ1n) is 15.5. The summed E-state index contributed by atoms with van der Waals surface area (Å²) in [5.41, 5.74) is 0. The molecule has 240 valence electrons. The monoisotopic (exact) mass is 650 g/mol. The normalized spacial score (nSPS) is 13.6. The number of rotatable bonds is 26. The summed E-state index contributed by atoms with van der Waals surface area (Å²) >= 11 is 0. The predicted molar refractivity (Wildman–Crippen MR) is 168 cm³/mol. The van der Waals surface area contributed by atoms with Crippen molar-refractivity contribution in [3.8, 4) is 0 Å². The molecular formula is C30H58CaO8S2. The average Bonchev–Trinajstić information content (AvgIpc) is 2.88. The molecule has 0 bridgehead atoms. The minimum atomic E-state index is -4.58. The molecular weight excluding hydrogens is 593 g/mol. The van der Waals surface area contributed by atoms with Crippen LogP contribution in [-0.2, 0) is 29.2 Å². The van der Waals surface area contributed by atoms with E-state index in [0.717, 1.165) is 77.0 Å². The average molecular weight is 651 g/mol. The zero-order chi connectivity index (χ0) is 30.5. The molecule has 0 saturated carbocycles. The second-order valence-electron chi connectivity index (χ2n) is 10.5. The molecule has 0 N–H and O–H groups in total. The van der Waals surface area contributed by atoms with Crippen molar-refractivity contribution in [1.29, 1.82) is 0 Å². The Morgan fingerprint density at radius 1 is 0.537 bits per heavy atom. The van der Waals surface area contributed by atoms with E-state index in [2.05, 4.69) is 48.2 Å². The van der Waals surface area contributed by atoms with Gasteiger partial charge < -0.3 is 9.11 Å². The van der Waals surface area contributed by atoms with E-state index in [4.69, 9.17) is 0 Å². The summed E-state index contributed by atoms with van der Waals surface area (Å²) in [5, 5.41) is 0. The van der Waals surface area contributed by atoms with Gasteiger partial charge in [0.1, 0.15) is 0 Å². The number of allylic oxidation sites excluding steroid dienone is 2. The van der Waals surface area contributed by atoms with Crippen molar-refractivity contribution in [2.45, 2.75) is 143 Å². The van der Waals surface area contributed by atoms with Crippen LogP contribution in [0.3, 0.4) is 0 Å². The van der Waals surface area contributed by atoms with Gasteiger partial charge in [-0.15, -0.1) is 0 Å². The quantitative estimate of drug-likeness (QED) is 0.0302. The van der Waals surface area contributed by atoms with E-state index < -0.39 is 20.8 Å². The summed E-state index contributed by atoms with van der Waals surface area (Å²) < 4.78 is 71.9. The molecule has 0 fully saturated rings. The van der Waals surface area contributed by atoms with Gasteiger partial charge in [0.2, 0.25) is 20.8 Å². The van der Waals surface area contributed by atoms with E-state index in [1.54, 1.807) is 0 Å². The van der Waals surface area contributed by atoms with Crippen LogP contribution in [0.4, 0.5) is 0 Å². The van der Waals surface area contributed by atoms with Crippen molar-refractivity contribution >= 4 is 58.5 Å². The summed E-state index contributed by atoms with van der Waals surface area (Å²) in [5.74, 6) is 0.0504. The van der Waals surface area contributed by atoms with Crippen LogP contribution >= 0.6 is 0 Å². The van der Waals surface area contributed by atoms with Gasteiger partial charge in [0.15, 0.2) is 0 Å². The minimum Gasteiger partial charge on any atom is -0.726 e. The molecule has 0 spiro atoms. The van der Waals surface area contributed by atoms with Gasteiger partial charge in [-0.3, -0.25) is 8.37 Å². The van der Waals surface area contributed by atoms with Crippen LogP contribution in [-0.4, -0.2) is 76.9 Å². The van der Waals surface area contributed by atoms with Crippen molar-refractivity contribution in [2.24, 2.45) is 11.8 Å².